The predicted octanol–water partition coefficient (Wildman–Crippen LogP) is 0.450. The number of nitrogens with one attached hydrogen (secondary N) is 1. The zero-order chi connectivity index (χ0) is 13.1. The van der Waals surface area contributed by atoms with Gasteiger partial charge in [-0.05, 0) is 58.9 Å². The summed E-state index contributed by atoms with van der Waals surface area (Å²) in [6.07, 6.45) is 5.57. The summed E-state index contributed by atoms with van der Waals surface area (Å²) in [6.45, 7) is 10.2. The molecule has 0 aromatic heterocycles. The Hall–Kier alpha value is -0.160. The smallest absolute Gasteiger partial charge is 0.0235 e. The molecule has 3 saturated heterocycles. The molecule has 0 radical (unpaired) electrons. The minimum absolute atomic E-state index is 0.713. The molecule has 19 heavy (non-hydrogen) atoms. The van der Waals surface area contributed by atoms with E-state index in [1.165, 1.54) is 71.5 Å². The second-order valence-electron chi connectivity index (χ2n) is 6.69. The molecule has 110 valence electrons. The Morgan fingerprint density at radius 1 is 1.05 bits per heavy atom. The minimum Gasteiger partial charge on any atom is -0.311 e. The third-order valence-corrected chi connectivity index (χ3v) is 5.16. The summed E-state index contributed by atoms with van der Waals surface area (Å²) in [6, 6.07) is 1.58. The van der Waals surface area contributed by atoms with Gasteiger partial charge < -0.3 is 15.1 Å². The third-order valence-electron chi connectivity index (χ3n) is 5.16. The average Bonchev–Trinajstić information content (AvgIpc) is 3.07. The van der Waals surface area contributed by atoms with Gasteiger partial charge in [0.25, 0.3) is 0 Å². The number of likely N-dealkylation sites (tertiary alicyclic amines) is 2. The molecule has 0 amide bonds. The number of nitrogens with zero attached hydrogens (tertiary/aromatic N) is 3. The first-order valence-electron chi connectivity index (χ1n) is 8.19. The van der Waals surface area contributed by atoms with Crippen molar-refractivity contribution < 1.29 is 0 Å². The summed E-state index contributed by atoms with van der Waals surface area (Å²) in [5.41, 5.74) is 0. The Morgan fingerprint density at radius 3 is 2.68 bits per heavy atom. The molecule has 0 aliphatic carbocycles. The van der Waals surface area contributed by atoms with Crippen LogP contribution < -0.4 is 5.32 Å². The topological polar surface area (TPSA) is 21.8 Å². The quantitative estimate of drug-likeness (QED) is 0.797. The molecule has 0 aromatic carbocycles. The molecule has 4 nitrogen and oxygen atoms in total. The van der Waals surface area contributed by atoms with Gasteiger partial charge in [0.05, 0.1) is 0 Å². The Labute approximate surface area is 118 Å². The fourth-order valence-corrected chi connectivity index (χ4v) is 3.94. The Kier molecular flexibility index (Phi) is 4.74. The fourth-order valence-electron chi connectivity index (χ4n) is 3.94. The van der Waals surface area contributed by atoms with Gasteiger partial charge in [-0.3, -0.25) is 4.90 Å². The lowest BCUT2D eigenvalue weighted by Gasteiger charge is -2.32. The Morgan fingerprint density at radius 2 is 1.89 bits per heavy atom. The van der Waals surface area contributed by atoms with Gasteiger partial charge in [0.15, 0.2) is 0 Å². The monoisotopic (exact) mass is 266 g/mol. The lowest BCUT2D eigenvalue weighted by Crippen LogP contribution is -2.50. The van der Waals surface area contributed by atoms with Crippen molar-refractivity contribution in [3.63, 3.8) is 0 Å². The molecule has 2 unspecified atom stereocenters. The van der Waals surface area contributed by atoms with Gasteiger partial charge in [0.1, 0.15) is 0 Å². The van der Waals surface area contributed by atoms with Gasteiger partial charge in [0.2, 0.25) is 0 Å². The Balaban J connectivity index is 1.37. The van der Waals surface area contributed by atoms with Crippen molar-refractivity contribution in [3.8, 4) is 0 Å². The number of piperazine rings is 1. The van der Waals surface area contributed by atoms with Gasteiger partial charge in [0, 0.05) is 38.3 Å². The fraction of sp³-hybridized carbons (Fsp3) is 1.00. The normalized spacial score (nSPS) is 35.2. The molecule has 3 fully saturated rings. The third kappa shape index (κ3) is 3.69. The van der Waals surface area contributed by atoms with Crippen LogP contribution in [0.2, 0.25) is 0 Å². The highest BCUT2D eigenvalue weighted by molar-refractivity contribution is 4.86. The zero-order valence-corrected chi connectivity index (χ0v) is 12.5. The van der Waals surface area contributed by atoms with E-state index in [9.17, 15) is 0 Å². The second kappa shape index (κ2) is 6.53. The van der Waals surface area contributed by atoms with Crippen LogP contribution in [0.1, 0.15) is 25.7 Å². The van der Waals surface area contributed by atoms with Crippen molar-refractivity contribution in [2.45, 2.75) is 37.8 Å². The molecule has 4 heteroatoms. The molecule has 3 rings (SSSR count). The van der Waals surface area contributed by atoms with E-state index < -0.39 is 0 Å². The molecule has 1 N–H and O–H groups in total. The molecule has 3 aliphatic rings. The van der Waals surface area contributed by atoms with Gasteiger partial charge in [-0.1, -0.05) is 0 Å². The maximum Gasteiger partial charge on any atom is 0.0235 e. The first-order chi connectivity index (χ1) is 9.31. The van der Waals surface area contributed by atoms with Gasteiger partial charge >= 0.3 is 0 Å². The molecular formula is C15H30N4. The highest BCUT2D eigenvalue weighted by Gasteiger charge is 2.29. The van der Waals surface area contributed by atoms with Crippen molar-refractivity contribution in [1.29, 1.82) is 0 Å². The van der Waals surface area contributed by atoms with Gasteiger partial charge in [-0.2, -0.15) is 0 Å². The van der Waals surface area contributed by atoms with Gasteiger partial charge in [-0.15, -0.1) is 0 Å². The molecular weight excluding hydrogens is 236 g/mol. The maximum absolute atomic E-state index is 3.66. The van der Waals surface area contributed by atoms with Crippen LogP contribution in [0.3, 0.4) is 0 Å². The van der Waals surface area contributed by atoms with E-state index in [2.05, 4.69) is 27.1 Å². The summed E-state index contributed by atoms with van der Waals surface area (Å²) in [7, 11) is 2.24. The summed E-state index contributed by atoms with van der Waals surface area (Å²) in [4.78, 5) is 7.88. The van der Waals surface area contributed by atoms with Crippen LogP contribution in [0.5, 0.6) is 0 Å². The summed E-state index contributed by atoms with van der Waals surface area (Å²) in [5, 5.41) is 3.66. The lowest BCUT2D eigenvalue weighted by atomic mass is 10.1. The zero-order valence-electron chi connectivity index (χ0n) is 12.5. The van der Waals surface area contributed by atoms with Crippen LogP contribution in [0.4, 0.5) is 0 Å². The van der Waals surface area contributed by atoms with Crippen LogP contribution in [0.25, 0.3) is 0 Å². The second-order valence-corrected chi connectivity index (χ2v) is 6.69. The van der Waals surface area contributed by atoms with E-state index in [-0.39, 0.29) is 0 Å². The van der Waals surface area contributed by atoms with E-state index in [1.54, 1.807) is 0 Å². The lowest BCUT2D eigenvalue weighted by molar-refractivity contribution is 0.203. The standard InChI is InChI=1S/C15H30N4/c1-17-11-6-16-14(12-17)4-9-18-10-5-15(13-18)19-7-2-3-8-19/h14-16H,2-13H2,1H3. The van der Waals surface area contributed by atoms with Crippen molar-refractivity contribution in [2.24, 2.45) is 0 Å². The van der Waals surface area contributed by atoms with E-state index in [0.29, 0.717) is 6.04 Å². The van der Waals surface area contributed by atoms with Crippen LogP contribution in [-0.2, 0) is 0 Å². The molecule has 0 saturated carbocycles. The van der Waals surface area contributed by atoms with Crippen molar-refractivity contribution in [1.82, 2.24) is 20.0 Å². The SMILES string of the molecule is CN1CCNC(CCN2CCC(N3CCCC3)C2)C1. The molecule has 0 aromatic rings. The largest absolute Gasteiger partial charge is 0.311 e. The molecule has 0 spiro atoms. The minimum atomic E-state index is 0.713. The van der Waals surface area contributed by atoms with Crippen LogP contribution >= 0.6 is 0 Å². The molecule has 0 bridgehead atoms. The van der Waals surface area contributed by atoms with Crippen LogP contribution in [0, 0.1) is 0 Å². The van der Waals surface area contributed by atoms with E-state index >= 15 is 0 Å². The first-order valence-corrected chi connectivity index (χ1v) is 8.19. The van der Waals surface area contributed by atoms with Gasteiger partial charge in [-0.25, -0.2) is 0 Å². The van der Waals surface area contributed by atoms with Crippen molar-refractivity contribution >= 4 is 0 Å². The predicted molar refractivity (Wildman–Crippen MR) is 79.6 cm³/mol. The van der Waals surface area contributed by atoms with E-state index in [1.807, 2.05) is 0 Å². The van der Waals surface area contributed by atoms with Crippen molar-refractivity contribution in [2.75, 3.05) is 59.4 Å². The maximum atomic E-state index is 3.66. The average molecular weight is 266 g/mol. The Bertz CT molecular complexity index is 277. The van der Waals surface area contributed by atoms with Crippen molar-refractivity contribution in [3.05, 3.63) is 0 Å². The molecule has 3 heterocycles. The molecule has 3 aliphatic heterocycles. The number of rotatable bonds is 4. The first kappa shape index (κ1) is 13.8. The van der Waals surface area contributed by atoms with Crippen LogP contribution in [-0.4, -0.2) is 86.2 Å². The highest BCUT2D eigenvalue weighted by Crippen LogP contribution is 2.20. The van der Waals surface area contributed by atoms with E-state index in [0.717, 1.165) is 12.6 Å². The van der Waals surface area contributed by atoms with Crippen LogP contribution in [0.15, 0.2) is 0 Å². The number of hydrogen-bond donors (Lipinski definition) is 1. The number of likely N-dealkylation sites (N-methyl/N-ethyl adjacent to an activating group) is 1. The summed E-state index contributed by atoms with van der Waals surface area (Å²) in [5.74, 6) is 0. The molecule has 2 atom stereocenters. The number of hydrogen-bond acceptors (Lipinski definition) is 4. The highest BCUT2D eigenvalue weighted by atomic mass is 15.3. The summed E-state index contributed by atoms with van der Waals surface area (Å²) < 4.78 is 0. The van der Waals surface area contributed by atoms with E-state index in [4.69, 9.17) is 0 Å². The summed E-state index contributed by atoms with van der Waals surface area (Å²) >= 11 is 0.